The number of aromatic carboxylic acids is 2. The van der Waals surface area contributed by atoms with Crippen LogP contribution in [0, 0.1) is 5.92 Å². The van der Waals surface area contributed by atoms with Crippen molar-refractivity contribution in [2.45, 2.75) is 58.3 Å². The summed E-state index contributed by atoms with van der Waals surface area (Å²) in [5.74, 6) is -2.35. The SMILES string of the molecule is CCCCCCCCC1COOc2c(C(=O)O)[nH]c(C(=O)O)c2C1. The van der Waals surface area contributed by atoms with Gasteiger partial charge in [-0.3, -0.25) is 0 Å². The summed E-state index contributed by atoms with van der Waals surface area (Å²) < 4.78 is 0. The first kappa shape index (κ1) is 18.3. The lowest BCUT2D eigenvalue weighted by Gasteiger charge is -2.12. The van der Waals surface area contributed by atoms with Gasteiger partial charge in [0.05, 0.1) is 6.61 Å². The molecule has 24 heavy (non-hydrogen) atoms. The standard InChI is InChI=1S/C17H25NO6/c1-2-3-4-5-6-7-8-11-9-12-13(16(19)20)18-14(17(21)22)15(12)24-23-10-11/h11,18H,2-10H2,1H3,(H,19,20)(H,21,22). The second-order valence-electron chi connectivity index (χ2n) is 6.29. The lowest BCUT2D eigenvalue weighted by atomic mass is 9.93. The quantitative estimate of drug-likeness (QED) is 0.468. The van der Waals surface area contributed by atoms with Gasteiger partial charge in [0.25, 0.3) is 0 Å². The number of nitrogens with one attached hydrogen (secondary N) is 1. The molecule has 0 spiro atoms. The molecule has 1 aliphatic rings. The first-order valence-electron chi connectivity index (χ1n) is 8.55. The molecule has 0 bridgehead atoms. The first-order valence-corrected chi connectivity index (χ1v) is 8.55. The molecule has 0 saturated heterocycles. The number of fused-ring (bicyclic) bond motifs is 1. The summed E-state index contributed by atoms with van der Waals surface area (Å²) in [4.78, 5) is 35.3. The van der Waals surface area contributed by atoms with Crippen LogP contribution in [0.25, 0.3) is 0 Å². The molecule has 0 radical (unpaired) electrons. The maximum atomic E-state index is 11.4. The van der Waals surface area contributed by atoms with Gasteiger partial charge in [-0.1, -0.05) is 45.4 Å². The van der Waals surface area contributed by atoms with Gasteiger partial charge in [-0.05, 0) is 18.8 Å². The van der Waals surface area contributed by atoms with Gasteiger partial charge in [0.1, 0.15) is 5.69 Å². The smallest absolute Gasteiger partial charge is 0.356 e. The highest BCUT2D eigenvalue weighted by atomic mass is 17.2. The number of carboxylic acids is 2. The van der Waals surface area contributed by atoms with Crippen molar-refractivity contribution in [1.29, 1.82) is 0 Å². The Morgan fingerprint density at radius 2 is 1.75 bits per heavy atom. The number of aromatic amines is 1. The number of hydrogen-bond donors (Lipinski definition) is 3. The first-order chi connectivity index (χ1) is 11.5. The second kappa shape index (κ2) is 8.73. The predicted octanol–water partition coefficient (Wildman–Crippen LogP) is 3.64. The molecule has 0 amide bonds. The number of unbranched alkanes of at least 4 members (excludes halogenated alkanes) is 5. The molecule has 1 aromatic rings. The lowest BCUT2D eigenvalue weighted by molar-refractivity contribution is -0.212. The van der Waals surface area contributed by atoms with Gasteiger partial charge in [-0.25, -0.2) is 9.59 Å². The Balaban J connectivity index is 2.01. The van der Waals surface area contributed by atoms with Crippen molar-refractivity contribution in [2.24, 2.45) is 5.92 Å². The molecule has 1 atom stereocenters. The average Bonchev–Trinajstić information content (AvgIpc) is 2.77. The monoisotopic (exact) mass is 339 g/mol. The number of carboxylic acid groups (broad SMARTS) is 2. The third kappa shape index (κ3) is 4.50. The van der Waals surface area contributed by atoms with Crippen LogP contribution in [0.15, 0.2) is 0 Å². The summed E-state index contributed by atoms with van der Waals surface area (Å²) >= 11 is 0. The Morgan fingerprint density at radius 3 is 2.42 bits per heavy atom. The van der Waals surface area contributed by atoms with Crippen LogP contribution in [0.5, 0.6) is 5.75 Å². The minimum absolute atomic E-state index is 0.00894. The van der Waals surface area contributed by atoms with E-state index in [-0.39, 0.29) is 23.1 Å². The highest BCUT2D eigenvalue weighted by Gasteiger charge is 2.31. The highest BCUT2D eigenvalue weighted by molar-refractivity contribution is 5.96. The molecular formula is C17H25NO6. The average molecular weight is 339 g/mol. The lowest BCUT2D eigenvalue weighted by Crippen LogP contribution is -2.13. The number of rotatable bonds is 9. The summed E-state index contributed by atoms with van der Waals surface area (Å²) in [6.45, 7) is 2.52. The molecule has 134 valence electrons. The molecular weight excluding hydrogens is 314 g/mol. The zero-order valence-corrected chi connectivity index (χ0v) is 14.0. The van der Waals surface area contributed by atoms with Crippen LogP contribution in [0.2, 0.25) is 0 Å². The fourth-order valence-corrected chi connectivity index (χ4v) is 3.08. The third-order valence-electron chi connectivity index (χ3n) is 4.39. The summed E-state index contributed by atoms with van der Waals surface area (Å²) in [5.41, 5.74) is -0.0168. The van der Waals surface area contributed by atoms with E-state index in [9.17, 15) is 19.8 Å². The summed E-state index contributed by atoms with van der Waals surface area (Å²) in [6.07, 6.45) is 8.46. The molecule has 2 rings (SSSR count). The Hall–Kier alpha value is -2.02. The van der Waals surface area contributed by atoms with Gasteiger partial charge in [0.15, 0.2) is 5.69 Å². The van der Waals surface area contributed by atoms with Crippen LogP contribution in [0.3, 0.4) is 0 Å². The minimum atomic E-state index is -1.27. The number of H-pyrrole nitrogens is 1. The molecule has 7 nitrogen and oxygen atoms in total. The van der Waals surface area contributed by atoms with E-state index < -0.39 is 11.9 Å². The minimum Gasteiger partial charge on any atom is -0.477 e. The molecule has 1 unspecified atom stereocenters. The normalized spacial score (nSPS) is 17.0. The largest absolute Gasteiger partial charge is 0.477 e. The van der Waals surface area contributed by atoms with Gasteiger partial charge >= 0.3 is 11.9 Å². The van der Waals surface area contributed by atoms with E-state index in [2.05, 4.69) is 11.9 Å². The summed E-state index contributed by atoms with van der Waals surface area (Å²) in [5, 5.41) is 18.5. The van der Waals surface area contributed by atoms with Crippen molar-refractivity contribution in [2.75, 3.05) is 6.61 Å². The number of carbonyl (C=O) groups is 2. The van der Waals surface area contributed by atoms with Crippen molar-refractivity contribution < 1.29 is 29.6 Å². The van der Waals surface area contributed by atoms with Crippen molar-refractivity contribution in [3.8, 4) is 5.75 Å². The van der Waals surface area contributed by atoms with Crippen LogP contribution in [0.4, 0.5) is 0 Å². The molecule has 7 heteroatoms. The van der Waals surface area contributed by atoms with Gasteiger partial charge in [-0.2, -0.15) is 4.89 Å². The van der Waals surface area contributed by atoms with E-state index in [1.165, 1.54) is 25.7 Å². The van der Waals surface area contributed by atoms with E-state index in [0.29, 0.717) is 18.6 Å². The van der Waals surface area contributed by atoms with Crippen LogP contribution < -0.4 is 4.89 Å². The van der Waals surface area contributed by atoms with Crippen LogP contribution in [-0.2, 0) is 11.3 Å². The molecule has 0 fully saturated rings. The Labute approximate surface area is 140 Å². The van der Waals surface area contributed by atoms with Crippen molar-refractivity contribution in [3.05, 3.63) is 17.0 Å². The van der Waals surface area contributed by atoms with Gasteiger partial charge < -0.3 is 20.1 Å². The molecule has 0 saturated carbocycles. The Kier molecular flexibility index (Phi) is 6.66. The van der Waals surface area contributed by atoms with Crippen molar-refractivity contribution >= 4 is 11.9 Å². The predicted molar refractivity (Wildman–Crippen MR) is 86.5 cm³/mol. The highest BCUT2D eigenvalue weighted by Crippen LogP contribution is 2.34. The van der Waals surface area contributed by atoms with E-state index in [1.807, 2.05) is 0 Å². The third-order valence-corrected chi connectivity index (χ3v) is 4.39. The Bertz CT molecular complexity index is 580. The summed E-state index contributed by atoms with van der Waals surface area (Å²) in [6, 6.07) is 0. The van der Waals surface area contributed by atoms with E-state index >= 15 is 0 Å². The number of aromatic nitrogens is 1. The molecule has 3 N–H and O–H groups in total. The van der Waals surface area contributed by atoms with Crippen LogP contribution in [0.1, 0.15) is 78.4 Å². The van der Waals surface area contributed by atoms with E-state index in [1.54, 1.807) is 0 Å². The van der Waals surface area contributed by atoms with Crippen molar-refractivity contribution in [3.63, 3.8) is 0 Å². The van der Waals surface area contributed by atoms with Gasteiger partial charge in [0.2, 0.25) is 5.75 Å². The second-order valence-corrected chi connectivity index (χ2v) is 6.29. The molecule has 2 heterocycles. The zero-order chi connectivity index (χ0) is 17.5. The van der Waals surface area contributed by atoms with E-state index in [4.69, 9.17) is 9.78 Å². The fourth-order valence-electron chi connectivity index (χ4n) is 3.08. The van der Waals surface area contributed by atoms with Crippen LogP contribution >= 0.6 is 0 Å². The topological polar surface area (TPSA) is 109 Å². The maximum Gasteiger partial charge on any atom is 0.356 e. The van der Waals surface area contributed by atoms with E-state index in [0.717, 1.165) is 19.3 Å². The fraction of sp³-hybridized carbons (Fsp3) is 0.647. The van der Waals surface area contributed by atoms with Gasteiger partial charge in [0, 0.05) is 5.56 Å². The maximum absolute atomic E-state index is 11.4. The Morgan fingerprint density at radius 1 is 1.08 bits per heavy atom. The number of hydrogen-bond acceptors (Lipinski definition) is 4. The molecule has 1 aromatic heterocycles. The molecule has 0 aromatic carbocycles. The van der Waals surface area contributed by atoms with Crippen LogP contribution in [-0.4, -0.2) is 33.7 Å². The van der Waals surface area contributed by atoms with Gasteiger partial charge in [-0.15, -0.1) is 0 Å². The summed E-state index contributed by atoms with van der Waals surface area (Å²) in [7, 11) is 0. The molecule has 1 aliphatic heterocycles. The molecule has 0 aliphatic carbocycles. The van der Waals surface area contributed by atoms with Crippen molar-refractivity contribution in [1.82, 2.24) is 4.98 Å². The zero-order valence-electron chi connectivity index (χ0n) is 14.0.